The molecule has 2 amide bonds. The Kier molecular flexibility index (Phi) is 6.99. The van der Waals surface area contributed by atoms with E-state index in [1.165, 1.54) is 4.90 Å². The van der Waals surface area contributed by atoms with Gasteiger partial charge in [0.25, 0.3) is 11.8 Å². The molecule has 3 aromatic rings. The standard InChI is InChI=1S/C25H21N3O4/c1-28(2)24(30)17-11-13-19(14-12-17)27-23(29)16-32-25(31)22-10-6-5-9-21(22)20-8-4-3-7-18(20)15-26/h3-14H,16H2,1-2H3,(H,27,29). The molecule has 0 aromatic heterocycles. The first-order valence-electron chi connectivity index (χ1n) is 9.78. The van der Waals surface area contributed by atoms with Crippen molar-refractivity contribution in [1.29, 1.82) is 5.26 Å². The highest BCUT2D eigenvalue weighted by atomic mass is 16.5. The van der Waals surface area contributed by atoms with Gasteiger partial charge in [0.2, 0.25) is 0 Å². The normalized spacial score (nSPS) is 10.0. The zero-order valence-electron chi connectivity index (χ0n) is 17.7. The van der Waals surface area contributed by atoms with Crippen molar-refractivity contribution in [2.75, 3.05) is 26.0 Å². The lowest BCUT2D eigenvalue weighted by Crippen LogP contribution is -2.22. The second-order valence-corrected chi connectivity index (χ2v) is 7.10. The Morgan fingerprint density at radius 3 is 2.19 bits per heavy atom. The van der Waals surface area contributed by atoms with Gasteiger partial charge in [-0.1, -0.05) is 36.4 Å². The van der Waals surface area contributed by atoms with Gasteiger partial charge in [-0.15, -0.1) is 0 Å². The first-order chi connectivity index (χ1) is 15.4. The van der Waals surface area contributed by atoms with Gasteiger partial charge in [0, 0.05) is 30.9 Å². The number of rotatable bonds is 6. The lowest BCUT2D eigenvalue weighted by Gasteiger charge is -2.12. The lowest BCUT2D eigenvalue weighted by atomic mass is 9.96. The van der Waals surface area contributed by atoms with E-state index in [9.17, 15) is 19.6 Å². The molecule has 0 aliphatic rings. The Morgan fingerprint density at radius 2 is 1.53 bits per heavy atom. The van der Waals surface area contributed by atoms with E-state index in [1.807, 2.05) is 0 Å². The molecule has 0 aliphatic heterocycles. The summed E-state index contributed by atoms with van der Waals surface area (Å²) in [5.41, 5.74) is 2.82. The Balaban J connectivity index is 1.66. The third-order valence-electron chi connectivity index (χ3n) is 4.64. The summed E-state index contributed by atoms with van der Waals surface area (Å²) in [6, 6.07) is 22.2. The molecule has 0 aliphatic carbocycles. The second-order valence-electron chi connectivity index (χ2n) is 7.10. The van der Waals surface area contributed by atoms with Crippen molar-refractivity contribution in [3.8, 4) is 17.2 Å². The van der Waals surface area contributed by atoms with Crippen molar-refractivity contribution in [1.82, 2.24) is 4.90 Å². The fourth-order valence-electron chi connectivity index (χ4n) is 3.07. The first-order valence-corrected chi connectivity index (χ1v) is 9.78. The molecule has 0 fully saturated rings. The van der Waals surface area contributed by atoms with Crippen molar-refractivity contribution in [2.24, 2.45) is 0 Å². The highest BCUT2D eigenvalue weighted by molar-refractivity contribution is 6.00. The summed E-state index contributed by atoms with van der Waals surface area (Å²) in [7, 11) is 3.31. The topological polar surface area (TPSA) is 99.5 Å². The maximum absolute atomic E-state index is 12.7. The average molecular weight is 427 g/mol. The molecule has 3 aromatic carbocycles. The highest BCUT2D eigenvalue weighted by Gasteiger charge is 2.17. The van der Waals surface area contributed by atoms with Gasteiger partial charge in [-0.05, 0) is 42.0 Å². The van der Waals surface area contributed by atoms with Crippen LogP contribution >= 0.6 is 0 Å². The minimum atomic E-state index is -0.671. The third kappa shape index (κ3) is 5.18. The van der Waals surface area contributed by atoms with Gasteiger partial charge < -0.3 is 15.0 Å². The smallest absolute Gasteiger partial charge is 0.339 e. The molecule has 0 radical (unpaired) electrons. The van der Waals surface area contributed by atoms with E-state index >= 15 is 0 Å². The van der Waals surface area contributed by atoms with Crippen LogP contribution in [0.3, 0.4) is 0 Å². The molecular weight excluding hydrogens is 406 g/mol. The van der Waals surface area contributed by atoms with Gasteiger partial charge in [-0.2, -0.15) is 5.26 Å². The van der Waals surface area contributed by atoms with E-state index < -0.39 is 18.5 Å². The van der Waals surface area contributed by atoms with E-state index in [0.717, 1.165) is 0 Å². The van der Waals surface area contributed by atoms with Crippen LogP contribution in [0.2, 0.25) is 0 Å². The minimum absolute atomic E-state index is 0.145. The summed E-state index contributed by atoms with van der Waals surface area (Å²) in [6.45, 7) is -0.481. The number of nitrogens with one attached hydrogen (secondary N) is 1. The van der Waals surface area contributed by atoms with Crippen molar-refractivity contribution in [2.45, 2.75) is 0 Å². The molecule has 0 spiro atoms. The Morgan fingerprint density at radius 1 is 0.906 bits per heavy atom. The van der Waals surface area contributed by atoms with Crippen LogP contribution in [0.5, 0.6) is 0 Å². The van der Waals surface area contributed by atoms with E-state index in [2.05, 4.69) is 11.4 Å². The predicted octanol–water partition coefficient (Wildman–Crippen LogP) is 3.72. The van der Waals surface area contributed by atoms with Crippen LogP contribution in [-0.2, 0) is 9.53 Å². The molecule has 1 N–H and O–H groups in total. The maximum Gasteiger partial charge on any atom is 0.339 e. The Bertz CT molecular complexity index is 1190. The number of amides is 2. The van der Waals surface area contributed by atoms with Gasteiger partial charge in [-0.25, -0.2) is 4.79 Å². The van der Waals surface area contributed by atoms with E-state index in [1.54, 1.807) is 86.9 Å². The Hall–Kier alpha value is -4.44. The van der Waals surface area contributed by atoms with Gasteiger partial charge in [0.1, 0.15) is 0 Å². The number of nitrogens with zero attached hydrogens (tertiary/aromatic N) is 2. The number of hydrogen-bond acceptors (Lipinski definition) is 5. The van der Waals surface area contributed by atoms with Crippen molar-refractivity contribution >= 4 is 23.5 Å². The summed E-state index contributed by atoms with van der Waals surface area (Å²) in [5.74, 6) is -1.33. The molecule has 3 rings (SSSR count). The fraction of sp³-hybridized carbons (Fsp3) is 0.120. The number of benzene rings is 3. The van der Waals surface area contributed by atoms with Crippen molar-refractivity contribution in [3.05, 3.63) is 89.5 Å². The van der Waals surface area contributed by atoms with Gasteiger partial charge in [-0.3, -0.25) is 9.59 Å². The van der Waals surface area contributed by atoms with Crippen LogP contribution in [0.4, 0.5) is 5.69 Å². The van der Waals surface area contributed by atoms with Crippen LogP contribution in [0.1, 0.15) is 26.3 Å². The summed E-state index contributed by atoms with van der Waals surface area (Å²) in [4.78, 5) is 38.3. The monoisotopic (exact) mass is 427 g/mol. The maximum atomic E-state index is 12.7. The number of anilines is 1. The summed E-state index contributed by atoms with van der Waals surface area (Å²) < 4.78 is 5.20. The molecule has 7 heteroatoms. The molecule has 0 heterocycles. The largest absolute Gasteiger partial charge is 0.452 e. The number of carbonyl (C=O) groups is 3. The molecule has 0 saturated heterocycles. The van der Waals surface area contributed by atoms with Crippen LogP contribution in [0.25, 0.3) is 11.1 Å². The van der Waals surface area contributed by atoms with Crippen molar-refractivity contribution < 1.29 is 19.1 Å². The SMILES string of the molecule is CN(C)C(=O)c1ccc(NC(=O)COC(=O)c2ccccc2-c2ccccc2C#N)cc1. The number of ether oxygens (including phenoxy) is 1. The van der Waals surface area contributed by atoms with Gasteiger partial charge in [0.05, 0.1) is 17.2 Å². The molecule has 0 atom stereocenters. The molecule has 0 unspecified atom stereocenters. The van der Waals surface area contributed by atoms with Gasteiger partial charge in [0.15, 0.2) is 6.61 Å². The highest BCUT2D eigenvalue weighted by Crippen LogP contribution is 2.27. The van der Waals surface area contributed by atoms with Crippen LogP contribution in [0, 0.1) is 11.3 Å². The number of esters is 1. The molecule has 160 valence electrons. The first kappa shape index (κ1) is 22.2. The third-order valence-corrected chi connectivity index (χ3v) is 4.64. The van der Waals surface area contributed by atoms with E-state index in [0.29, 0.717) is 27.9 Å². The zero-order valence-corrected chi connectivity index (χ0v) is 17.7. The predicted molar refractivity (Wildman–Crippen MR) is 120 cm³/mol. The van der Waals surface area contributed by atoms with Crippen LogP contribution in [-0.4, -0.2) is 43.4 Å². The van der Waals surface area contributed by atoms with E-state index in [-0.39, 0.29) is 11.5 Å². The van der Waals surface area contributed by atoms with Crippen molar-refractivity contribution in [3.63, 3.8) is 0 Å². The molecular formula is C25H21N3O4. The quantitative estimate of drug-likeness (QED) is 0.605. The van der Waals surface area contributed by atoms with Crippen LogP contribution in [0.15, 0.2) is 72.8 Å². The number of nitriles is 1. The Labute approximate surface area is 185 Å². The summed E-state index contributed by atoms with van der Waals surface area (Å²) in [6.07, 6.45) is 0. The number of carbonyl (C=O) groups excluding carboxylic acids is 3. The lowest BCUT2D eigenvalue weighted by molar-refractivity contribution is -0.119. The number of hydrogen-bond donors (Lipinski definition) is 1. The second kappa shape index (κ2) is 10.0. The molecule has 32 heavy (non-hydrogen) atoms. The summed E-state index contributed by atoms with van der Waals surface area (Å²) >= 11 is 0. The summed E-state index contributed by atoms with van der Waals surface area (Å²) in [5, 5.41) is 12.0. The van der Waals surface area contributed by atoms with Crippen LogP contribution < -0.4 is 5.32 Å². The van der Waals surface area contributed by atoms with E-state index in [4.69, 9.17) is 4.74 Å². The minimum Gasteiger partial charge on any atom is -0.452 e. The molecule has 0 saturated carbocycles. The fourth-order valence-corrected chi connectivity index (χ4v) is 3.07. The average Bonchev–Trinajstić information content (AvgIpc) is 2.82. The molecule has 7 nitrogen and oxygen atoms in total. The molecule has 0 bridgehead atoms. The zero-order chi connectivity index (χ0) is 23.1. The van der Waals surface area contributed by atoms with Gasteiger partial charge >= 0.3 is 5.97 Å².